The maximum atomic E-state index is 9.97. The quantitative estimate of drug-likeness (QED) is 0.796. The van der Waals surface area contributed by atoms with Crippen LogP contribution in [0.5, 0.6) is 0 Å². The van der Waals surface area contributed by atoms with Gasteiger partial charge in [0.1, 0.15) is 0 Å². The van der Waals surface area contributed by atoms with E-state index < -0.39 is 0 Å². The minimum absolute atomic E-state index is 0.227. The molecule has 1 fully saturated rings. The van der Waals surface area contributed by atoms with E-state index in [1.54, 1.807) is 0 Å². The molecular formula is C13H22N2O. The number of aliphatic hydroxyl groups excluding tert-OH is 1. The molecule has 1 aliphatic carbocycles. The van der Waals surface area contributed by atoms with Crippen LogP contribution in [0.25, 0.3) is 0 Å². The highest BCUT2D eigenvalue weighted by Crippen LogP contribution is 2.40. The lowest BCUT2D eigenvalue weighted by Gasteiger charge is -2.09. The van der Waals surface area contributed by atoms with Crippen molar-refractivity contribution in [1.82, 2.24) is 9.47 Å². The van der Waals surface area contributed by atoms with E-state index >= 15 is 0 Å². The van der Waals surface area contributed by atoms with E-state index in [1.165, 1.54) is 12.8 Å². The zero-order valence-corrected chi connectivity index (χ0v) is 10.3. The minimum atomic E-state index is -0.227. The lowest BCUT2D eigenvalue weighted by molar-refractivity contribution is 0.154. The Kier molecular flexibility index (Phi) is 3.66. The van der Waals surface area contributed by atoms with Crippen molar-refractivity contribution in [2.24, 2.45) is 5.92 Å². The zero-order valence-electron chi connectivity index (χ0n) is 10.3. The summed E-state index contributed by atoms with van der Waals surface area (Å²) in [4.78, 5) is 2.20. The van der Waals surface area contributed by atoms with Gasteiger partial charge in [0.2, 0.25) is 0 Å². The summed E-state index contributed by atoms with van der Waals surface area (Å²) in [6, 6.07) is 2.05. The molecule has 90 valence electrons. The van der Waals surface area contributed by atoms with E-state index in [4.69, 9.17) is 0 Å². The van der Waals surface area contributed by atoms with Crippen LogP contribution in [0.2, 0.25) is 0 Å². The third-order valence-electron chi connectivity index (χ3n) is 3.21. The van der Waals surface area contributed by atoms with Crippen LogP contribution < -0.4 is 0 Å². The van der Waals surface area contributed by atoms with Crippen molar-refractivity contribution in [3.8, 4) is 0 Å². The molecule has 1 aliphatic rings. The third-order valence-corrected chi connectivity index (χ3v) is 3.21. The predicted molar refractivity (Wildman–Crippen MR) is 65.3 cm³/mol. The number of hydrogen-bond acceptors (Lipinski definition) is 2. The Labute approximate surface area is 97.7 Å². The van der Waals surface area contributed by atoms with Gasteiger partial charge in [0, 0.05) is 18.9 Å². The van der Waals surface area contributed by atoms with Crippen molar-refractivity contribution < 1.29 is 5.11 Å². The second-order valence-electron chi connectivity index (χ2n) is 5.12. The molecule has 0 bridgehead atoms. The Morgan fingerprint density at radius 2 is 2.25 bits per heavy atom. The first-order chi connectivity index (χ1) is 7.66. The highest BCUT2D eigenvalue weighted by molar-refractivity contribution is 5.16. The van der Waals surface area contributed by atoms with Gasteiger partial charge in [-0.1, -0.05) is 0 Å². The maximum absolute atomic E-state index is 9.97. The second kappa shape index (κ2) is 5.02. The van der Waals surface area contributed by atoms with Crippen molar-refractivity contribution in [2.75, 3.05) is 20.6 Å². The largest absolute Gasteiger partial charge is 0.388 e. The van der Waals surface area contributed by atoms with Gasteiger partial charge in [-0.2, -0.15) is 0 Å². The van der Waals surface area contributed by atoms with Gasteiger partial charge in [-0.3, -0.25) is 0 Å². The second-order valence-corrected chi connectivity index (χ2v) is 5.12. The molecule has 3 heteroatoms. The highest BCUT2D eigenvalue weighted by Gasteiger charge is 2.31. The number of nitrogens with zero attached hydrogens (tertiary/aromatic N) is 2. The number of hydrogen-bond donors (Lipinski definition) is 1. The Hall–Kier alpha value is -0.800. The molecule has 1 saturated carbocycles. The van der Waals surface area contributed by atoms with E-state index in [0.29, 0.717) is 5.92 Å². The van der Waals surface area contributed by atoms with Crippen LogP contribution in [-0.4, -0.2) is 35.2 Å². The molecule has 1 unspecified atom stereocenters. The summed E-state index contributed by atoms with van der Waals surface area (Å²) >= 11 is 0. The normalized spacial score (nSPS) is 18.0. The highest BCUT2D eigenvalue weighted by atomic mass is 16.3. The van der Waals surface area contributed by atoms with Crippen molar-refractivity contribution in [2.45, 2.75) is 31.9 Å². The molecule has 0 spiro atoms. The monoisotopic (exact) mass is 222 g/mol. The molecule has 0 radical (unpaired) electrons. The molecule has 1 aromatic heterocycles. The molecule has 1 aromatic rings. The first kappa shape index (κ1) is 11.7. The fourth-order valence-corrected chi connectivity index (χ4v) is 2.03. The van der Waals surface area contributed by atoms with Crippen LogP contribution >= 0.6 is 0 Å². The molecule has 1 N–H and O–H groups in total. The Morgan fingerprint density at radius 3 is 2.88 bits per heavy atom. The van der Waals surface area contributed by atoms with Gasteiger partial charge in [-0.05, 0) is 57.5 Å². The summed E-state index contributed by atoms with van der Waals surface area (Å²) in [5, 5.41) is 9.97. The van der Waals surface area contributed by atoms with E-state index in [1.807, 2.05) is 0 Å². The summed E-state index contributed by atoms with van der Waals surface area (Å²) in [7, 11) is 4.19. The molecule has 0 saturated heterocycles. The van der Waals surface area contributed by atoms with Gasteiger partial charge in [0.05, 0.1) is 6.10 Å². The van der Waals surface area contributed by atoms with Crippen LogP contribution in [0.3, 0.4) is 0 Å². The average molecular weight is 222 g/mol. The fraction of sp³-hybridized carbons (Fsp3) is 0.692. The van der Waals surface area contributed by atoms with Crippen LogP contribution in [0.4, 0.5) is 0 Å². The first-order valence-corrected chi connectivity index (χ1v) is 6.15. The lowest BCUT2D eigenvalue weighted by Crippen LogP contribution is -2.14. The van der Waals surface area contributed by atoms with Gasteiger partial charge in [-0.25, -0.2) is 0 Å². The predicted octanol–water partition coefficient (Wildman–Crippen LogP) is 1.88. The van der Waals surface area contributed by atoms with Gasteiger partial charge < -0.3 is 14.6 Å². The van der Waals surface area contributed by atoms with E-state index in [-0.39, 0.29) is 6.10 Å². The van der Waals surface area contributed by atoms with E-state index in [0.717, 1.165) is 25.1 Å². The summed E-state index contributed by atoms with van der Waals surface area (Å²) in [5.41, 5.74) is 1.09. The summed E-state index contributed by atoms with van der Waals surface area (Å²) in [6.45, 7) is 2.15. The van der Waals surface area contributed by atoms with Crippen LogP contribution in [0.1, 0.15) is 30.9 Å². The molecule has 0 amide bonds. The van der Waals surface area contributed by atoms with Crippen LogP contribution in [-0.2, 0) is 6.54 Å². The zero-order chi connectivity index (χ0) is 11.5. The summed E-state index contributed by atoms with van der Waals surface area (Å²) in [5.74, 6) is 0.526. The molecular weight excluding hydrogens is 200 g/mol. The van der Waals surface area contributed by atoms with Gasteiger partial charge in [0.15, 0.2) is 0 Å². The summed E-state index contributed by atoms with van der Waals surface area (Å²) in [6.07, 6.45) is 7.48. The molecule has 2 rings (SSSR count). The van der Waals surface area contributed by atoms with Gasteiger partial charge in [-0.15, -0.1) is 0 Å². The molecule has 1 atom stereocenters. The summed E-state index contributed by atoms with van der Waals surface area (Å²) < 4.78 is 2.18. The minimum Gasteiger partial charge on any atom is -0.388 e. The van der Waals surface area contributed by atoms with Gasteiger partial charge >= 0.3 is 0 Å². The Balaban J connectivity index is 1.82. The average Bonchev–Trinajstić information content (AvgIpc) is 2.97. The number of aromatic nitrogens is 1. The third kappa shape index (κ3) is 3.09. The van der Waals surface area contributed by atoms with Gasteiger partial charge in [0.25, 0.3) is 0 Å². The Morgan fingerprint density at radius 1 is 1.50 bits per heavy atom. The van der Waals surface area contributed by atoms with Crippen molar-refractivity contribution in [1.29, 1.82) is 0 Å². The first-order valence-electron chi connectivity index (χ1n) is 6.15. The van der Waals surface area contributed by atoms with Crippen molar-refractivity contribution >= 4 is 0 Å². The van der Waals surface area contributed by atoms with E-state index in [2.05, 4.69) is 42.0 Å². The molecule has 0 aliphatic heterocycles. The Bertz CT molecular complexity index is 328. The molecule has 16 heavy (non-hydrogen) atoms. The standard InChI is InChI=1S/C13H22N2O/c1-14(2)7-3-8-15-9-6-12(10-15)13(16)11-4-5-11/h6,9-11,13,16H,3-5,7-8H2,1-2H3. The number of aliphatic hydroxyl groups is 1. The topological polar surface area (TPSA) is 28.4 Å². The smallest absolute Gasteiger partial charge is 0.0832 e. The van der Waals surface area contributed by atoms with Crippen molar-refractivity contribution in [3.63, 3.8) is 0 Å². The number of aryl methyl sites for hydroxylation is 1. The van der Waals surface area contributed by atoms with Crippen LogP contribution in [0, 0.1) is 5.92 Å². The number of rotatable bonds is 6. The lowest BCUT2D eigenvalue weighted by atomic mass is 10.1. The van der Waals surface area contributed by atoms with Crippen molar-refractivity contribution in [3.05, 3.63) is 24.0 Å². The SMILES string of the molecule is CN(C)CCCn1ccc(C(O)C2CC2)c1. The van der Waals surface area contributed by atoms with Crippen LogP contribution in [0.15, 0.2) is 18.5 Å². The fourth-order valence-electron chi connectivity index (χ4n) is 2.03. The molecule has 1 heterocycles. The maximum Gasteiger partial charge on any atom is 0.0832 e. The molecule has 0 aromatic carbocycles. The van der Waals surface area contributed by atoms with E-state index in [9.17, 15) is 5.11 Å². The molecule has 3 nitrogen and oxygen atoms in total.